The lowest BCUT2D eigenvalue weighted by molar-refractivity contribution is 0.378. The lowest BCUT2D eigenvalue weighted by atomic mass is 9.83. The molecule has 2 aromatic rings. The molecule has 0 unspecified atom stereocenters. The lowest BCUT2D eigenvalue weighted by Gasteiger charge is -2.31. The Hall–Kier alpha value is -1.36. The first-order valence-corrected chi connectivity index (χ1v) is 7.61. The summed E-state index contributed by atoms with van der Waals surface area (Å²) in [5, 5.41) is 8.44. The van der Waals surface area contributed by atoms with Gasteiger partial charge in [-0.25, -0.2) is 4.98 Å². The van der Waals surface area contributed by atoms with Crippen molar-refractivity contribution in [3.8, 4) is 0 Å². The predicted octanol–water partition coefficient (Wildman–Crippen LogP) is 3.82. The zero-order valence-electron chi connectivity index (χ0n) is 11.2. The van der Waals surface area contributed by atoms with E-state index in [1.165, 1.54) is 0 Å². The van der Waals surface area contributed by atoms with Crippen LogP contribution >= 0.6 is 35.4 Å². The van der Waals surface area contributed by atoms with E-state index in [2.05, 4.69) is 22.5 Å². The Labute approximate surface area is 138 Å². The molecule has 21 heavy (non-hydrogen) atoms. The number of hydrogen-bond acceptors (Lipinski definition) is 2. The van der Waals surface area contributed by atoms with Gasteiger partial charge in [0.1, 0.15) is 5.15 Å². The summed E-state index contributed by atoms with van der Waals surface area (Å²) < 4.78 is 0. The van der Waals surface area contributed by atoms with E-state index in [4.69, 9.17) is 35.4 Å². The van der Waals surface area contributed by atoms with Gasteiger partial charge in [0, 0.05) is 11.2 Å². The number of rotatable bonds is 2. The summed E-state index contributed by atoms with van der Waals surface area (Å²) in [5.41, 5.74) is 1.71. The first-order chi connectivity index (χ1) is 9.99. The van der Waals surface area contributed by atoms with Crippen molar-refractivity contribution >= 4 is 40.5 Å². The normalized spacial score (nSPS) is 24.5. The van der Waals surface area contributed by atoms with E-state index in [0.29, 0.717) is 15.3 Å². The fraction of sp³-hybridized carbons (Fsp3) is 0.200. The average molecular weight is 338 g/mol. The molecule has 0 spiro atoms. The maximum absolute atomic E-state index is 5.97. The van der Waals surface area contributed by atoms with E-state index < -0.39 is 5.54 Å². The van der Waals surface area contributed by atoms with Gasteiger partial charge in [-0.2, -0.15) is 0 Å². The average Bonchev–Trinajstić information content (AvgIpc) is 2.76. The van der Waals surface area contributed by atoms with Crippen molar-refractivity contribution in [3.05, 3.63) is 63.9 Å². The van der Waals surface area contributed by atoms with Crippen LogP contribution in [0.5, 0.6) is 0 Å². The Morgan fingerprint density at radius 3 is 2.48 bits per heavy atom. The molecule has 2 heterocycles. The van der Waals surface area contributed by atoms with Gasteiger partial charge in [-0.3, -0.25) is 0 Å². The van der Waals surface area contributed by atoms with Crippen molar-refractivity contribution in [3.63, 3.8) is 0 Å². The minimum Gasteiger partial charge on any atom is -0.353 e. The first-order valence-electron chi connectivity index (χ1n) is 6.45. The highest BCUT2D eigenvalue weighted by atomic mass is 35.5. The number of thiocarbonyl (C=S) groups is 1. The molecule has 1 fully saturated rings. The molecule has 1 aromatic heterocycles. The number of pyridine rings is 1. The maximum Gasteiger partial charge on any atom is 0.167 e. The van der Waals surface area contributed by atoms with Crippen molar-refractivity contribution in [2.75, 3.05) is 0 Å². The molecule has 0 amide bonds. The van der Waals surface area contributed by atoms with Gasteiger partial charge in [0.25, 0.3) is 0 Å². The van der Waals surface area contributed by atoms with Crippen LogP contribution in [0.4, 0.5) is 0 Å². The van der Waals surface area contributed by atoms with Crippen LogP contribution in [-0.2, 0) is 5.54 Å². The van der Waals surface area contributed by atoms with Gasteiger partial charge in [-0.05, 0) is 48.5 Å². The number of halogens is 2. The monoisotopic (exact) mass is 337 g/mol. The Morgan fingerprint density at radius 2 is 1.86 bits per heavy atom. The Balaban J connectivity index is 2.04. The van der Waals surface area contributed by atoms with Crippen molar-refractivity contribution in [1.82, 2.24) is 15.6 Å². The second kappa shape index (κ2) is 5.44. The molecule has 1 saturated heterocycles. The minimum atomic E-state index is -0.400. The Kier molecular flexibility index (Phi) is 3.78. The van der Waals surface area contributed by atoms with Gasteiger partial charge >= 0.3 is 0 Å². The molecule has 108 valence electrons. The van der Waals surface area contributed by atoms with E-state index in [1.807, 2.05) is 30.3 Å². The van der Waals surface area contributed by atoms with Crippen LogP contribution in [-0.4, -0.2) is 10.1 Å². The van der Waals surface area contributed by atoms with Gasteiger partial charge < -0.3 is 10.6 Å². The van der Waals surface area contributed by atoms with E-state index in [1.54, 1.807) is 12.3 Å². The number of benzene rings is 1. The van der Waals surface area contributed by atoms with Crippen LogP contribution < -0.4 is 10.6 Å². The Morgan fingerprint density at radius 1 is 1.14 bits per heavy atom. The summed E-state index contributed by atoms with van der Waals surface area (Å²) in [6.45, 7) is 2.09. The van der Waals surface area contributed by atoms with Crippen LogP contribution in [0.15, 0.2) is 42.6 Å². The maximum atomic E-state index is 5.97. The topological polar surface area (TPSA) is 37.0 Å². The van der Waals surface area contributed by atoms with Gasteiger partial charge in [-0.15, -0.1) is 0 Å². The molecule has 2 N–H and O–H groups in total. The van der Waals surface area contributed by atoms with Crippen LogP contribution in [0.2, 0.25) is 10.2 Å². The third-order valence-corrected chi connectivity index (χ3v) is 4.45. The van der Waals surface area contributed by atoms with Crippen LogP contribution in [0, 0.1) is 0 Å². The van der Waals surface area contributed by atoms with Crippen molar-refractivity contribution in [2.45, 2.75) is 18.5 Å². The van der Waals surface area contributed by atoms with Crippen molar-refractivity contribution in [1.29, 1.82) is 0 Å². The molecule has 6 heteroatoms. The van der Waals surface area contributed by atoms with E-state index in [-0.39, 0.29) is 6.04 Å². The first kappa shape index (κ1) is 14.6. The molecule has 1 aromatic carbocycles. The number of hydrogen-bond donors (Lipinski definition) is 2. The third kappa shape index (κ3) is 2.71. The molecule has 1 aliphatic rings. The van der Waals surface area contributed by atoms with Gasteiger partial charge in [-0.1, -0.05) is 41.4 Å². The quantitative estimate of drug-likeness (QED) is 0.645. The van der Waals surface area contributed by atoms with Gasteiger partial charge in [0.05, 0.1) is 11.6 Å². The highest BCUT2D eigenvalue weighted by Crippen LogP contribution is 2.38. The highest BCUT2D eigenvalue weighted by Gasteiger charge is 2.43. The Bertz CT molecular complexity index is 672. The minimum absolute atomic E-state index is 0.00904. The number of nitrogens with one attached hydrogen (secondary N) is 2. The summed E-state index contributed by atoms with van der Waals surface area (Å²) in [6.07, 6.45) is 1.77. The highest BCUT2D eigenvalue weighted by molar-refractivity contribution is 7.80. The molecule has 1 aliphatic heterocycles. The second-order valence-electron chi connectivity index (χ2n) is 5.15. The molecule has 3 nitrogen and oxygen atoms in total. The zero-order valence-corrected chi connectivity index (χ0v) is 13.6. The summed E-state index contributed by atoms with van der Waals surface area (Å²) in [5.74, 6) is 0. The molecule has 3 rings (SSSR count). The SMILES string of the molecule is C[C@@]1(c2ccc(Cl)nc2)NC(=S)N[C@@H]1c1ccc(Cl)cc1. The van der Waals surface area contributed by atoms with Crippen LogP contribution in [0.25, 0.3) is 0 Å². The van der Waals surface area contributed by atoms with Crippen molar-refractivity contribution in [2.24, 2.45) is 0 Å². The van der Waals surface area contributed by atoms with Crippen molar-refractivity contribution < 1.29 is 0 Å². The van der Waals surface area contributed by atoms with E-state index in [9.17, 15) is 0 Å². The second-order valence-corrected chi connectivity index (χ2v) is 6.39. The smallest absolute Gasteiger partial charge is 0.167 e. The third-order valence-electron chi connectivity index (χ3n) is 3.76. The molecule has 0 saturated carbocycles. The lowest BCUT2D eigenvalue weighted by Crippen LogP contribution is -2.39. The molecular weight excluding hydrogens is 325 g/mol. The van der Waals surface area contributed by atoms with E-state index in [0.717, 1.165) is 11.1 Å². The molecule has 0 aliphatic carbocycles. The fourth-order valence-corrected chi connectivity index (χ4v) is 3.18. The predicted molar refractivity (Wildman–Crippen MR) is 89.7 cm³/mol. The summed E-state index contributed by atoms with van der Waals surface area (Å²) in [7, 11) is 0. The largest absolute Gasteiger partial charge is 0.353 e. The molecule has 0 bridgehead atoms. The molecule has 2 atom stereocenters. The summed E-state index contributed by atoms with van der Waals surface area (Å²) >= 11 is 17.1. The van der Waals surface area contributed by atoms with Gasteiger partial charge in [0.15, 0.2) is 5.11 Å². The fourth-order valence-electron chi connectivity index (χ4n) is 2.61. The van der Waals surface area contributed by atoms with Crippen LogP contribution in [0.3, 0.4) is 0 Å². The number of nitrogens with zero attached hydrogens (tertiary/aromatic N) is 1. The van der Waals surface area contributed by atoms with Gasteiger partial charge in [0.2, 0.25) is 0 Å². The number of aromatic nitrogens is 1. The zero-order chi connectivity index (χ0) is 15.0. The summed E-state index contributed by atoms with van der Waals surface area (Å²) in [6, 6.07) is 11.5. The van der Waals surface area contributed by atoms with Crippen LogP contribution in [0.1, 0.15) is 24.1 Å². The molecule has 0 radical (unpaired) electrons. The summed E-state index contributed by atoms with van der Waals surface area (Å²) in [4.78, 5) is 4.17. The van der Waals surface area contributed by atoms with E-state index >= 15 is 0 Å². The molecular formula is C15H13Cl2N3S. The standard InChI is InChI=1S/C15H13Cl2N3S/c1-15(10-4-7-12(17)18-8-10)13(19-14(21)20-15)9-2-5-11(16)6-3-9/h2-8,13H,1H3,(H2,19,20,21)/t13-,15+/m1/s1.